The molecule has 0 saturated heterocycles. The number of nitrogens with two attached hydrogens (primary N) is 1. The third-order valence-electron chi connectivity index (χ3n) is 3.01. The Balaban J connectivity index is 2.95. The minimum absolute atomic E-state index is 0.0503. The van der Waals surface area contributed by atoms with Gasteiger partial charge >= 0.3 is 0 Å². The SMILES string of the molecule is CCN(CC(C)C#N)C(=O)c1ccc(NN)cc1C. The molecule has 0 heterocycles. The quantitative estimate of drug-likeness (QED) is 0.625. The second-order valence-electron chi connectivity index (χ2n) is 4.55. The molecule has 0 bridgehead atoms. The molecule has 1 unspecified atom stereocenters. The molecule has 0 fully saturated rings. The van der Waals surface area contributed by atoms with Crippen LogP contribution in [0, 0.1) is 24.2 Å². The van der Waals surface area contributed by atoms with Crippen LogP contribution in [0.15, 0.2) is 18.2 Å². The number of anilines is 1. The van der Waals surface area contributed by atoms with Gasteiger partial charge < -0.3 is 10.3 Å². The Bertz CT molecular complexity index is 493. The number of nitrogens with zero attached hydrogens (tertiary/aromatic N) is 2. The van der Waals surface area contributed by atoms with Gasteiger partial charge in [-0.15, -0.1) is 0 Å². The first-order valence-corrected chi connectivity index (χ1v) is 6.29. The van der Waals surface area contributed by atoms with Crippen LogP contribution in [0.25, 0.3) is 0 Å². The first-order valence-electron chi connectivity index (χ1n) is 6.29. The Hall–Kier alpha value is -2.06. The van der Waals surface area contributed by atoms with E-state index < -0.39 is 0 Å². The standard InChI is InChI=1S/C14H20N4O/c1-4-18(9-10(2)8-15)14(19)13-6-5-12(17-16)7-11(13)3/h5-7,10,17H,4,9,16H2,1-3H3. The van der Waals surface area contributed by atoms with E-state index >= 15 is 0 Å². The van der Waals surface area contributed by atoms with Crippen molar-refractivity contribution in [3.63, 3.8) is 0 Å². The van der Waals surface area contributed by atoms with Gasteiger partial charge in [-0.1, -0.05) is 0 Å². The van der Waals surface area contributed by atoms with E-state index in [1.54, 1.807) is 17.0 Å². The predicted molar refractivity (Wildman–Crippen MR) is 75.3 cm³/mol. The van der Waals surface area contributed by atoms with Crippen LogP contribution in [0.3, 0.4) is 0 Å². The molecule has 1 aromatic rings. The summed E-state index contributed by atoms with van der Waals surface area (Å²) in [5.41, 5.74) is 4.83. The molecule has 3 N–H and O–H groups in total. The fraction of sp³-hybridized carbons (Fsp3) is 0.429. The second kappa shape index (κ2) is 6.76. The molecule has 1 aromatic carbocycles. The molecule has 5 nitrogen and oxygen atoms in total. The number of hydrogen-bond donors (Lipinski definition) is 2. The zero-order valence-electron chi connectivity index (χ0n) is 11.6. The fourth-order valence-corrected chi connectivity index (χ4v) is 1.89. The summed E-state index contributed by atoms with van der Waals surface area (Å²) in [7, 11) is 0. The molecular formula is C14H20N4O. The van der Waals surface area contributed by atoms with E-state index in [-0.39, 0.29) is 11.8 Å². The van der Waals surface area contributed by atoms with Crippen molar-refractivity contribution in [1.29, 1.82) is 5.26 Å². The van der Waals surface area contributed by atoms with Gasteiger partial charge in [-0.2, -0.15) is 5.26 Å². The molecule has 0 spiro atoms. The highest BCUT2D eigenvalue weighted by molar-refractivity contribution is 5.96. The lowest BCUT2D eigenvalue weighted by atomic mass is 10.1. The van der Waals surface area contributed by atoms with E-state index in [4.69, 9.17) is 11.1 Å². The number of nitrogen functional groups attached to an aromatic ring is 1. The average molecular weight is 260 g/mol. The number of carbonyl (C=O) groups excluding carboxylic acids is 1. The second-order valence-corrected chi connectivity index (χ2v) is 4.55. The summed E-state index contributed by atoms with van der Waals surface area (Å²) in [4.78, 5) is 14.1. The number of aryl methyl sites for hydroxylation is 1. The fourth-order valence-electron chi connectivity index (χ4n) is 1.89. The van der Waals surface area contributed by atoms with Gasteiger partial charge in [0.2, 0.25) is 0 Å². The number of benzene rings is 1. The maximum atomic E-state index is 12.4. The summed E-state index contributed by atoms with van der Waals surface area (Å²) < 4.78 is 0. The van der Waals surface area contributed by atoms with Crippen LogP contribution in [0.4, 0.5) is 5.69 Å². The highest BCUT2D eigenvalue weighted by atomic mass is 16.2. The Morgan fingerprint density at radius 2 is 2.26 bits per heavy atom. The molecule has 0 saturated carbocycles. The first-order chi connectivity index (χ1) is 9.03. The molecule has 0 aliphatic heterocycles. The van der Waals surface area contributed by atoms with E-state index in [9.17, 15) is 4.79 Å². The van der Waals surface area contributed by atoms with Crippen molar-refractivity contribution in [2.45, 2.75) is 20.8 Å². The number of nitriles is 1. The summed E-state index contributed by atoms with van der Waals surface area (Å²) >= 11 is 0. The maximum Gasteiger partial charge on any atom is 0.254 e. The molecule has 0 aliphatic carbocycles. The van der Waals surface area contributed by atoms with Gasteiger partial charge in [0.15, 0.2) is 0 Å². The number of amides is 1. The van der Waals surface area contributed by atoms with Crippen LogP contribution in [-0.4, -0.2) is 23.9 Å². The number of hydrogen-bond acceptors (Lipinski definition) is 4. The van der Waals surface area contributed by atoms with Gasteiger partial charge in [0, 0.05) is 24.3 Å². The van der Waals surface area contributed by atoms with Gasteiger partial charge in [0.25, 0.3) is 5.91 Å². The summed E-state index contributed by atoms with van der Waals surface area (Å²) in [5, 5.41) is 8.84. The van der Waals surface area contributed by atoms with Crippen LogP contribution >= 0.6 is 0 Å². The summed E-state index contributed by atoms with van der Waals surface area (Å²) in [6.07, 6.45) is 0. The molecule has 0 aromatic heterocycles. The molecular weight excluding hydrogens is 240 g/mol. The van der Waals surface area contributed by atoms with Crippen LogP contribution in [0.2, 0.25) is 0 Å². The normalized spacial score (nSPS) is 11.5. The van der Waals surface area contributed by atoms with Gasteiger partial charge in [0.1, 0.15) is 0 Å². The molecule has 102 valence electrons. The van der Waals surface area contributed by atoms with Crippen molar-refractivity contribution in [2.24, 2.45) is 11.8 Å². The molecule has 1 rings (SSSR count). The van der Waals surface area contributed by atoms with E-state index in [0.717, 1.165) is 11.3 Å². The zero-order valence-corrected chi connectivity index (χ0v) is 11.6. The first kappa shape index (κ1) is 15.0. The Kier molecular flexibility index (Phi) is 5.34. The van der Waals surface area contributed by atoms with E-state index in [2.05, 4.69) is 11.5 Å². The molecule has 1 atom stereocenters. The predicted octanol–water partition coefficient (Wildman–Crippen LogP) is 1.90. The molecule has 0 aliphatic rings. The Morgan fingerprint density at radius 1 is 1.58 bits per heavy atom. The Morgan fingerprint density at radius 3 is 2.74 bits per heavy atom. The van der Waals surface area contributed by atoms with Crippen molar-refractivity contribution in [3.05, 3.63) is 29.3 Å². The van der Waals surface area contributed by atoms with Crippen LogP contribution in [-0.2, 0) is 0 Å². The highest BCUT2D eigenvalue weighted by Crippen LogP contribution is 2.16. The van der Waals surface area contributed by atoms with Crippen molar-refractivity contribution >= 4 is 11.6 Å². The van der Waals surface area contributed by atoms with Crippen LogP contribution in [0.5, 0.6) is 0 Å². The third kappa shape index (κ3) is 3.70. The molecule has 19 heavy (non-hydrogen) atoms. The monoisotopic (exact) mass is 260 g/mol. The van der Waals surface area contributed by atoms with Crippen molar-refractivity contribution in [1.82, 2.24) is 4.90 Å². The van der Waals surface area contributed by atoms with Gasteiger partial charge in [0.05, 0.1) is 12.0 Å². The number of carbonyl (C=O) groups is 1. The molecule has 1 amide bonds. The largest absolute Gasteiger partial charge is 0.338 e. The van der Waals surface area contributed by atoms with Crippen molar-refractivity contribution in [2.75, 3.05) is 18.5 Å². The summed E-state index contributed by atoms with van der Waals surface area (Å²) in [6.45, 7) is 6.62. The highest BCUT2D eigenvalue weighted by Gasteiger charge is 2.18. The number of rotatable bonds is 5. The molecule has 5 heteroatoms. The van der Waals surface area contributed by atoms with Gasteiger partial charge in [-0.05, 0) is 44.5 Å². The van der Waals surface area contributed by atoms with E-state index in [1.807, 2.05) is 26.8 Å². The van der Waals surface area contributed by atoms with Crippen LogP contribution < -0.4 is 11.3 Å². The van der Waals surface area contributed by atoms with Crippen molar-refractivity contribution < 1.29 is 4.79 Å². The Labute approximate surface area is 114 Å². The van der Waals surface area contributed by atoms with Gasteiger partial charge in [-0.3, -0.25) is 10.6 Å². The van der Waals surface area contributed by atoms with E-state index in [0.29, 0.717) is 18.7 Å². The lowest BCUT2D eigenvalue weighted by Crippen LogP contribution is -2.34. The minimum atomic E-state index is -0.172. The summed E-state index contributed by atoms with van der Waals surface area (Å²) in [6, 6.07) is 7.50. The molecule has 0 radical (unpaired) electrons. The smallest absolute Gasteiger partial charge is 0.254 e. The van der Waals surface area contributed by atoms with Crippen molar-refractivity contribution in [3.8, 4) is 6.07 Å². The maximum absolute atomic E-state index is 12.4. The third-order valence-corrected chi connectivity index (χ3v) is 3.01. The summed E-state index contributed by atoms with van der Waals surface area (Å²) in [5.74, 6) is 5.11. The zero-order chi connectivity index (χ0) is 14.4. The topological polar surface area (TPSA) is 82.2 Å². The van der Waals surface area contributed by atoms with Crippen LogP contribution in [0.1, 0.15) is 29.8 Å². The number of hydrazine groups is 1. The van der Waals surface area contributed by atoms with Gasteiger partial charge in [-0.25, -0.2) is 0 Å². The average Bonchev–Trinajstić information content (AvgIpc) is 2.43. The lowest BCUT2D eigenvalue weighted by Gasteiger charge is -2.23. The number of nitrogens with one attached hydrogen (secondary N) is 1. The lowest BCUT2D eigenvalue weighted by molar-refractivity contribution is 0.0752. The van der Waals surface area contributed by atoms with E-state index in [1.165, 1.54) is 0 Å². The minimum Gasteiger partial charge on any atom is -0.338 e.